The zero-order valence-corrected chi connectivity index (χ0v) is 19.2. The lowest BCUT2D eigenvalue weighted by molar-refractivity contribution is -0.137. The molecule has 1 atom stereocenters. The lowest BCUT2D eigenvalue weighted by atomic mass is 10.2. The van der Waals surface area contributed by atoms with Gasteiger partial charge >= 0.3 is 5.97 Å². The van der Waals surface area contributed by atoms with Crippen LogP contribution in [0.25, 0.3) is 0 Å². The van der Waals surface area contributed by atoms with Gasteiger partial charge in [0.25, 0.3) is 0 Å². The van der Waals surface area contributed by atoms with Gasteiger partial charge in [-0.05, 0) is 19.6 Å². The van der Waals surface area contributed by atoms with E-state index in [-0.39, 0.29) is 12.0 Å². The Hall–Kier alpha value is -0.709. The van der Waals surface area contributed by atoms with E-state index >= 15 is 0 Å². The Labute approximate surface area is 144 Å². The molecule has 1 aromatic rings. The number of aromatic nitrogens is 2. The van der Waals surface area contributed by atoms with E-state index in [1.165, 1.54) is 0 Å². The third-order valence-corrected chi connectivity index (χ3v) is 6.94. The van der Waals surface area contributed by atoms with Gasteiger partial charge < -0.3 is 13.6 Å². The molecule has 1 heterocycles. The van der Waals surface area contributed by atoms with Crippen LogP contribution in [0.4, 0.5) is 0 Å². The maximum Gasteiger partial charge on any atom is 0.309 e. The number of nitrogens with one attached hydrogen (secondary N) is 1. The normalized spacial score (nSPS) is 14.7. The molecule has 8 heteroatoms. The van der Waals surface area contributed by atoms with Crippen LogP contribution >= 0.6 is 0 Å². The van der Waals surface area contributed by atoms with Gasteiger partial charge in [0.2, 0.25) is 8.32 Å². The van der Waals surface area contributed by atoms with Crippen LogP contribution in [-0.2, 0) is 15.6 Å². The summed E-state index contributed by atoms with van der Waals surface area (Å²) in [6.07, 6.45) is 4.58. The number of nitrogens with zero attached hydrogens (tertiary/aromatic N) is 2. The molecule has 5 nitrogen and oxygen atoms in total. The number of hydrogen-bond donors (Lipinski definition) is 1. The van der Waals surface area contributed by atoms with Crippen molar-refractivity contribution < 1.29 is 9.22 Å². The molecule has 0 radical (unpaired) electrons. The van der Waals surface area contributed by atoms with Gasteiger partial charge in [0, 0.05) is 12.6 Å². The quantitative estimate of drug-likeness (QED) is 0.747. The lowest BCUT2D eigenvalue weighted by Crippen LogP contribution is -2.54. The van der Waals surface area contributed by atoms with Crippen LogP contribution in [0.3, 0.4) is 0 Å². The Morgan fingerprint density at radius 3 is 2.13 bits per heavy atom. The first-order valence-corrected chi connectivity index (χ1v) is 18.6. The molecule has 0 unspecified atom stereocenters. The number of imidazole rings is 1. The number of carbonyl (C=O) groups is 1. The maximum atomic E-state index is 12.6. The van der Waals surface area contributed by atoms with E-state index in [0.717, 1.165) is 5.69 Å². The van der Waals surface area contributed by atoms with Crippen LogP contribution in [0.15, 0.2) is 12.5 Å². The Kier molecular flexibility index (Phi) is 6.22. The molecule has 1 N–H and O–H groups in total. The molecule has 0 saturated heterocycles. The van der Waals surface area contributed by atoms with Crippen LogP contribution in [0, 0.1) is 0 Å². The van der Waals surface area contributed by atoms with Gasteiger partial charge in [-0.2, -0.15) is 0 Å². The maximum absolute atomic E-state index is 12.6. The van der Waals surface area contributed by atoms with Crippen molar-refractivity contribution >= 4 is 30.8 Å². The Balaban J connectivity index is 2.93. The summed E-state index contributed by atoms with van der Waals surface area (Å²) in [5.41, 5.74) is 0.954. The summed E-state index contributed by atoms with van der Waals surface area (Å²) in [5, 5.41) is 0. The van der Waals surface area contributed by atoms with Crippen molar-refractivity contribution in [3.63, 3.8) is 0 Å². The second-order valence-electron chi connectivity index (χ2n) is 9.13. The first-order chi connectivity index (χ1) is 10.2. The van der Waals surface area contributed by atoms with E-state index in [4.69, 9.17) is 4.43 Å². The molecular weight excluding hydrogens is 338 g/mol. The summed E-state index contributed by atoms with van der Waals surface area (Å²) in [6, 6.07) is -0.307. The van der Waals surface area contributed by atoms with Crippen molar-refractivity contribution in [3.05, 3.63) is 18.2 Å². The average Bonchev–Trinajstić information content (AvgIpc) is 2.72. The van der Waals surface area contributed by atoms with Crippen molar-refractivity contribution in [1.82, 2.24) is 14.2 Å². The van der Waals surface area contributed by atoms with E-state index < -0.39 is 24.8 Å². The van der Waals surface area contributed by atoms with Crippen LogP contribution in [0.1, 0.15) is 5.69 Å². The van der Waals surface area contributed by atoms with Gasteiger partial charge in [-0.25, -0.2) is 4.98 Å². The molecule has 1 rings (SSSR count). The monoisotopic (exact) mass is 371 g/mol. The highest BCUT2D eigenvalue weighted by molar-refractivity contribution is 6.74. The summed E-state index contributed by atoms with van der Waals surface area (Å²) in [4.78, 5) is 20.6. The van der Waals surface area contributed by atoms with Gasteiger partial charge in [0.1, 0.15) is 14.3 Å². The highest BCUT2D eigenvalue weighted by Gasteiger charge is 2.31. The zero-order chi connectivity index (χ0) is 18.1. The first-order valence-electron chi connectivity index (χ1n) is 8.21. The fourth-order valence-electron chi connectivity index (χ4n) is 2.13. The molecule has 0 aliphatic carbocycles. The highest BCUT2D eigenvalue weighted by atomic mass is 28.4. The first kappa shape index (κ1) is 20.3. The van der Waals surface area contributed by atoms with Crippen molar-refractivity contribution in [2.75, 3.05) is 0 Å². The van der Waals surface area contributed by atoms with E-state index in [9.17, 15) is 4.79 Å². The molecule has 132 valence electrons. The molecule has 0 saturated carbocycles. The Bertz CT molecular complexity index is 539. The number of carbonyl (C=O) groups excluding carboxylic acids is 1. The van der Waals surface area contributed by atoms with Crippen molar-refractivity contribution in [2.24, 2.45) is 0 Å². The van der Waals surface area contributed by atoms with Gasteiger partial charge in [-0.1, -0.05) is 39.3 Å². The predicted octanol–water partition coefficient (Wildman–Crippen LogP) is 3.28. The molecule has 1 aromatic heterocycles. The summed E-state index contributed by atoms with van der Waals surface area (Å²) < 4.78 is 7.95. The average molecular weight is 372 g/mol. The molecule has 0 amide bonds. The minimum absolute atomic E-state index is 0.130. The van der Waals surface area contributed by atoms with Gasteiger partial charge in [-0.15, -0.1) is 0 Å². The van der Waals surface area contributed by atoms with Gasteiger partial charge in [0.05, 0.1) is 12.0 Å². The molecule has 0 spiro atoms. The van der Waals surface area contributed by atoms with Crippen LogP contribution in [-0.4, -0.2) is 46.0 Å². The van der Waals surface area contributed by atoms with Crippen LogP contribution in [0.2, 0.25) is 58.9 Å². The molecule has 0 fully saturated rings. The summed E-state index contributed by atoms with van der Waals surface area (Å²) in [6.45, 7) is 19.5. The van der Waals surface area contributed by atoms with Crippen molar-refractivity contribution in [2.45, 2.75) is 71.4 Å². The summed E-state index contributed by atoms with van der Waals surface area (Å²) >= 11 is 0. The fourth-order valence-corrected chi connectivity index (χ4v) is 5.09. The van der Waals surface area contributed by atoms with Gasteiger partial charge in [-0.3, -0.25) is 4.79 Å². The minimum Gasteiger partial charge on any atom is -0.519 e. The van der Waals surface area contributed by atoms with E-state index in [0.29, 0.717) is 6.42 Å². The second kappa shape index (κ2) is 7.04. The standard InChI is InChI=1S/C15H33N3O2Si3/c1-21(2,3)17-14(15(19)20-23(7,8)9)10-13-11-18(12-16-13)22(4,5)6/h11-12,14,17H,10H2,1-9H3/t14-/m1/s1. The summed E-state index contributed by atoms with van der Waals surface area (Å²) in [5.74, 6) is -0.130. The smallest absolute Gasteiger partial charge is 0.309 e. The highest BCUT2D eigenvalue weighted by Crippen LogP contribution is 2.13. The van der Waals surface area contributed by atoms with Crippen molar-refractivity contribution in [3.8, 4) is 0 Å². The third kappa shape index (κ3) is 7.60. The second-order valence-corrected chi connectivity index (χ2v) is 23.2. The summed E-state index contributed by atoms with van der Waals surface area (Å²) in [7, 11) is -4.94. The minimum atomic E-state index is -1.89. The van der Waals surface area contributed by atoms with E-state index in [2.05, 4.69) is 59.7 Å². The lowest BCUT2D eigenvalue weighted by Gasteiger charge is -2.28. The Morgan fingerprint density at radius 2 is 1.74 bits per heavy atom. The predicted molar refractivity (Wildman–Crippen MR) is 104 cm³/mol. The molecule has 0 bridgehead atoms. The molecule has 0 aliphatic rings. The zero-order valence-electron chi connectivity index (χ0n) is 16.2. The molecule has 23 heavy (non-hydrogen) atoms. The number of rotatable bonds is 7. The van der Waals surface area contributed by atoms with E-state index in [1.807, 2.05) is 26.0 Å². The fraction of sp³-hybridized carbons (Fsp3) is 0.733. The van der Waals surface area contributed by atoms with Crippen LogP contribution < -0.4 is 4.98 Å². The molecule has 0 aromatic carbocycles. The molecule has 0 aliphatic heterocycles. The van der Waals surface area contributed by atoms with Gasteiger partial charge in [0.15, 0.2) is 8.24 Å². The third-order valence-electron chi connectivity index (χ3n) is 3.12. The Morgan fingerprint density at radius 1 is 1.17 bits per heavy atom. The largest absolute Gasteiger partial charge is 0.519 e. The van der Waals surface area contributed by atoms with Crippen molar-refractivity contribution in [1.29, 1.82) is 0 Å². The topological polar surface area (TPSA) is 56.2 Å². The molecular formula is C15H33N3O2Si3. The van der Waals surface area contributed by atoms with Crippen LogP contribution in [0.5, 0.6) is 0 Å². The number of hydrogen-bond acceptors (Lipinski definition) is 4. The van der Waals surface area contributed by atoms with E-state index in [1.54, 1.807) is 0 Å². The SMILES string of the molecule is C[Si](C)(C)N[C@H](Cc1cn([Si](C)(C)C)cn1)C(=O)O[Si](C)(C)C.